The standard InChI is InChI=1S/C21H23N5O2/c1-12(27)13-8-9-17(16(22)10-13)25-26-19(20(23)28)18-15-7-5-4-6-14(15)11-21(2,3)24-18/h4-10,19H,11,22H2,1-3H3,(H2,23,28). The lowest BCUT2D eigenvalue weighted by Crippen LogP contribution is -2.40. The third kappa shape index (κ3) is 3.98. The average Bonchev–Trinajstić information content (AvgIpc) is 2.61. The van der Waals surface area contributed by atoms with Gasteiger partial charge in [-0.2, -0.15) is 10.2 Å². The maximum absolute atomic E-state index is 12.2. The molecule has 7 nitrogen and oxygen atoms in total. The Balaban J connectivity index is 2.01. The largest absolute Gasteiger partial charge is 0.397 e. The number of carbonyl (C=O) groups excluding carboxylic acids is 2. The summed E-state index contributed by atoms with van der Waals surface area (Å²) < 4.78 is 0. The van der Waals surface area contributed by atoms with E-state index in [1.165, 1.54) is 13.0 Å². The van der Waals surface area contributed by atoms with Gasteiger partial charge < -0.3 is 11.5 Å². The van der Waals surface area contributed by atoms with Crippen molar-refractivity contribution in [1.82, 2.24) is 0 Å². The molecule has 0 aliphatic carbocycles. The number of nitrogens with two attached hydrogens (primary N) is 2. The van der Waals surface area contributed by atoms with E-state index >= 15 is 0 Å². The summed E-state index contributed by atoms with van der Waals surface area (Å²) in [5.41, 5.74) is 14.8. The molecule has 0 spiro atoms. The zero-order valence-corrected chi connectivity index (χ0v) is 16.1. The Hall–Kier alpha value is -3.35. The fourth-order valence-corrected chi connectivity index (χ4v) is 3.26. The van der Waals surface area contributed by atoms with Crippen LogP contribution in [0, 0.1) is 0 Å². The number of Topliss-reactive ketones (excluding diaryl/α,β-unsaturated/α-hetero) is 1. The van der Waals surface area contributed by atoms with Crippen LogP contribution in [0.5, 0.6) is 0 Å². The average molecular weight is 377 g/mol. The highest BCUT2D eigenvalue weighted by Gasteiger charge is 2.33. The Morgan fingerprint density at radius 3 is 2.54 bits per heavy atom. The Morgan fingerprint density at radius 1 is 1.18 bits per heavy atom. The zero-order chi connectivity index (χ0) is 20.5. The van der Waals surface area contributed by atoms with Crippen LogP contribution >= 0.6 is 0 Å². The van der Waals surface area contributed by atoms with E-state index in [-0.39, 0.29) is 11.3 Å². The number of hydrogen-bond donors (Lipinski definition) is 2. The van der Waals surface area contributed by atoms with Crippen molar-refractivity contribution in [3.05, 3.63) is 59.2 Å². The number of rotatable bonds is 5. The van der Waals surface area contributed by atoms with Crippen molar-refractivity contribution in [1.29, 1.82) is 0 Å². The molecular formula is C21H23N5O2. The summed E-state index contributed by atoms with van der Waals surface area (Å²) >= 11 is 0. The highest BCUT2D eigenvalue weighted by atomic mass is 16.1. The summed E-state index contributed by atoms with van der Waals surface area (Å²) in [5.74, 6) is -0.741. The minimum atomic E-state index is -1.03. The molecule has 0 fully saturated rings. The number of fused-ring (bicyclic) bond motifs is 1. The van der Waals surface area contributed by atoms with Crippen molar-refractivity contribution in [3.8, 4) is 0 Å². The van der Waals surface area contributed by atoms with Gasteiger partial charge in [0, 0.05) is 11.1 Å². The molecule has 1 aliphatic rings. The first-order chi connectivity index (χ1) is 13.2. The first-order valence-electron chi connectivity index (χ1n) is 8.96. The molecule has 3 rings (SSSR count). The van der Waals surface area contributed by atoms with E-state index in [4.69, 9.17) is 16.5 Å². The SMILES string of the molecule is CC(=O)c1ccc(N=NC(C(N)=O)C2=NC(C)(C)Cc3ccccc32)c(N)c1. The minimum absolute atomic E-state index is 0.0967. The normalized spacial score (nSPS) is 16.3. The molecule has 0 radical (unpaired) electrons. The third-order valence-electron chi connectivity index (χ3n) is 4.58. The number of nitrogens with zero attached hydrogens (tertiary/aromatic N) is 3. The second-order valence-electron chi connectivity index (χ2n) is 7.49. The number of ketones is 1. The third-order valence-corrected chi connectivity index (χ3v) is 4.58. The minimum Gasteiger partial charge on any atom is -0.397 e. The number of aliphatic imine (C=N–C) groups is 1. The molecule has 7 heteroatoms. The number of azo groups is 1. The summed E-state index contributed by atoms with van der Waals surface area (Å²) in [7, 11) is 0. The Morgan fingerprint density at radius 2 is 1.89 bits per heavy atom. The van der Waals surface area contributed by atoms with Gasteiger partial charge in [0.25, 0.3) is 0 Å². The molecule has 1 aliphatic heterocycles. The number of nitrogen functional groups attached to an aromatic ring is 1. The summed E-state index contributed by atoms with van der Waals surface area (Å²) in [6.45, 7) is 5.45. The summed E-state index contributed by atoms with van der Waals surface area (Å²) in [6, 6.07) is 11.5. The molecule has 0 saturated carbocycles. The predicted molar refractivity (Wildman–Crippen MR) is 109 cm³/mol. The van der Waals surface area contributed by atoms with Gasteiger partial charge >= 0.3 is 0 Å². The molecule has 1 amide bonds. The molecule has 4 N–H and O–H groups in total. The van der Waals surface area contributed by atoms with Crippen LogP contribution in [0.2, 0.25) is 0 Å². The monoisotopic (exact) mass is 377 g/mol. The van der Waals surface area contributed by atoms with Gasteiger partial charge in [-0.05, 0) is 51.0 Å². The molecule has 1 heterocycles. The molecular weight excluding hydrogens is 354 g/mol. The molecule has 28 heavy (non-hydrogen) atoms. The number of primary amides is 1. The highest BCUT2D eigenvalue weighted by Crippen LogP contribution is 2.29. The van der Waals surface area contributed by atoms with Crippen LogP contribution in [0.15, 0.2) is 57.7 Å². The van der Waals surface area contributed by atoms with E-state index in [0.717, 1.165) is 17.5 Å². The molecule has 1 unspecified atom stereocenters. The highest BCUT2D eigenvalue weighted by molar-refractivity contribution is 6.17. The van der Waals surface area contributed by atoms with Gasteiger partial charge in [-0.3, -0.25) is 14.6 Å². The molecule has 2 aromatic rings. The van der Waals surface area contributed by atoms with Crippen molar-refractivity contribution in [2.24, 2.45) is 21.0 Å². The van der Waals surface area contributed by atoms with E-state index in [1.807, 2.05) is 38.1 Å². The zero-order valence-electron chi connectivity index (χ0n) is 16.1. The van der Waals surface area contributed by atoms with E-state index in [2.05, 4.69) is 10.2 Å². The first kappa shape index (κ1) is 19.4. The number of amides is 1. The first-order valence-corrected chi connectivity index (χ1v) is 8.96. The quantitative estimate of drug-likeness (QED) is 0.472. The van der Waals surface area contributed by atoms with Crippen LogP contribution in [-0.4, -0.2) is 29.0 Å². The number of carbonyl (C=O) groups is 2. The maximum Gasteiger partial charge on any atom is 0.250 e. The maximum atomic E-state index is 12.2. The number of benzene rings is 2. The van der Waals surface area contributed by atoms with Gasteiger partial charge in [-0.25, -0.2) is 0 Å². The summed E-state index contributed by atoms with van der Waals surface area (Å²) in [5, 5.41) is 8.30. The van der Waals surface area contributed by atoms with Gasteiger partial charge in [0.05, 0.1) is 16.9 Å². The van der Waals surface area contributed by atoms with E-state index in [1.54, 1.807) is 12.1 Å². The predicted octanol–water partition coefficient (Wildman–Crippen LogP) is 3.23. The van der Waals surface area contributed by atoms with Crippen molar-refractivity contribution < 1.29 is 9.59 Å². The number of anilines is 1. The lowest BCUT2D eigenvalue weighted by Gasteiger charge is -2.30. The second-order valence-corrected chi connectivity index (χ2v) is 7.49. The van der Waals surface area contributed by atoms with Gasteiger partial charge in [-0.15, -0.1) is 0 Å². The molecule has 0 bridgehead atoms. The molecule has 0 saturated heterocycles. The second kappa shape index (κ2) is 7.34. The van der Waals surface area contributed by atoms with Crippen LogP contribution in [0.3, 0.4) is 0 Å². The molecule has 1 atom stereocenters. The Labute approximate surface area is 163 Å². The van der Waals surface area contributed by atoms with E-state index in [9.17, 15) is 9.59 Å². The molecule has 2 aromatic carbocycles. The van der Waals surface area contributed by atoms with Gasteiger partial charge in [-0.1, -0.05) is 24.3 Å². The van der Waals surface area contributed by atoms with Crippen LogP contribution in [0.4, 0.5) is 11.4 Å². The van der Waals surface area contributed by atoms with Crippen LogP contribution < -0.4 is 11.5 Å². The fourth-order valence-electron chi connectivity index (χ4n) is 3.26. The topological polar surface area (TPSA) is 123 Å². The van der Waals surface area contributed by atoms with Crippen molar-refractivity contribution in [2.45, 2.75) is 38.8 Å². The van der Waals surface area contributed by atoms with Crippen LogP contribution in [0.1, 0.15) is 42.3 Å². The Bertz CT molecular complexity index is 1010. The Kier molecular flexibility index (Phi) is 5.09. The van der Waals surface area contributed by atoms with Crippen LogP contribution in [0.25, 0.3) is 0 Å². The lowest BCUT2D eigenvalue weighted by atomic mass is 9.85. The number of hydrogen-bond acceptors (Lipinski definition) is 6. The van der Waals surface area contributed by atoms with E-state index in [0.29, 0.717) is 22.6 Å². The van der Waals surface area contributed by atoms with Crippen molar-refractivity contribution >= 4 is 28.8 Å². The van der Waals surface area contributed by atoms with Crippen molar-refractivity contribution in [2.75, 3.05) is 5.73 Å². The smallest absolute Gasteiger partial charge is 0.250 e. The fraction of sp³-hybridized carbons (Fsp3) is 0.286. The lowest BCUT2D eigenvalue weighted by molar-refractivity contribution is -0.117. The van der Waals surface area contributed by atoms with Gasteiger partial charge in [0.15, 0.2) is 11.8 Å². The molecule has 144 valence electrons. The van der Waals surface area contributed by atoms with Gasteiger partial charge in [0.2, 0.25) is 5.91 Å². The summed E-state index contributed by atoms with van der Waals surface area (Å²) in [4.78, 5) is 28.4. The molecule has 0 aromatic heterocycles. The van der Waals surface area contributed by atoms with Crippen molar-refractivity contribution in [3.63, 3.8) is 0 Å². The van der Waals surface area contributed by atoms with E-state index < -0.39 is 11.9 Å². The summed E-state index contributed by atoms with van der Waals surface area (Å²) in [6.07, 6.45) is 0.759. The van der Waals surface area contributed by atoms with Gasteiger partial charge in [0.1, 0.15) is 5.69 Å². The van der Waals surface area contributed by atoms with Crippen LogP contribution in [-0.2, 0) is 11.2 Å².